The molecule has 4 nitrogen and oxygen atoms in total. The van der Waals surface area contributed by atoms with E-state index in [0.29, 0.717) is 24.8 Å². The molecule has 2 rings (SSSR count). The fraction of sp³-hybridized carbons (Fsp3) is 0.500. The number of Topliss-reactive ketones (excluding diaryl/α,β-unsaturated/α-hetero) is 1. The van der Waals surface area contributed by atoms with Gasteiger partial charge in [0.1, 0.15) is 5.69 Å². The zero-order chi connectivity index (χ0) is 11.4. The molecule has 0 radical (unpaired) electrons. The van der Waals surface area contributed by atoms with Crippen LogP contribution in [0.15, 0.2) is 24.4 Å². The second-order valence-corrected chi connectivity index (χ2v) is 4.14. The maximum Gasteiger partial charge on any atom is 0.195 e. The van der Waals surface area contributed by atoms with Crippen LogP contribution in [0.4, 0.5) is 0 Å². The van der Waals surface area contributed by atoms with Crippen molar-refractivity contribution in [1.82, 2.24) is 9.88 Å². The van der Waals surface area contributed by atoms with E-state index in [1.165, 1.54) is 0 Å². The Morgan fingerprint density at radius 1 is 1.56 bits per heavy atom. The molecule has 1 aromatic rings. The fourth-order valence-corrected chi connectivity index (χ4v) is 2.16. The standard InChI is InChI=1S/C12H17N3O/c13-8-10-4-3-7-15(10)9-12(16)11-5-1-2-6-14-11/h1-2,5-6,10H,3-4,7-9,13H2/t10-/m1/s1. The summed E-state index contributed by atoms with van der Waals surface area (Å²) in [6, 6.07) is 5.78. The molecular weight excluding hydrogens is 202 g/mol. The summed E-state index contributed by atoms with van der Waals surface area (Å²) in [6.45, 7) is 2.05. The van der Waals surface area contributed by atoms with Crippen molar-refractivity contribution in [2.24, 2.45) is 5.73 Å². The molecule has 0 spiro atoms. The lowest BCUT2D eigenvalue weighted by Crippen LogP contribution is -2.38. The van der Waals surface area contributed by atoms with Gasteiger partial charge in [0.05, 0.1) is 6.54 Å². The van der Waals surface area contributed by atoms with Crippen LogP contribution in [0.2, 0.25) is 0 Å². The molecule has 1 aromatic heterocycles. The molecule has 4 heteroatoms. The number of carbonyl (C=O) groups is 1. The molecular formula is C12H17N3O. The monoisotopic (exact) mass is 219 g/mol. The third-order valence-corrected chi connectivity index (χ3v) is 3.07. The molecule has 0 bridgehead atoms. The molecule has 0 aromatic carbocycles. The van der Waals surface area contributed by atoms with Crippen LogP contribution >= 0.6 is 0 Å². The summed E-state index contributed by atoms with van der Waals surface area (Å²) in [5, 5.41) is 0. The van der Waals surface area contributed by atoms with Crippen LogP contribution in [-0.2, 0) is 0 Å². The highest BCUT2D eigenvalue weighted by molar-refractivity contribution is 5.95. The molecule has 86 valence electrons. The molecule has 1 fully saturated rings. The average molecular weight is 219 g/mol. The fourth-order valence-electron chi connectivity index (χ4n) is 2.16. The number of aromatic nitrogens is 1. The summed E-state index contributed by atoms with van der Waals surface area (Å²) in [7, 11) is 0. The minimum absolute atomic E-state index is 0.0842. The summed E-state index contributed by atoms with van der Waals surface area (Å²) in [6.07, 6.45) is 3.89. The van der Waals surface area contributed by atoms with Crippen molar-refractivity contribution in [3.05, 3.63) is 30.1 Å². The van der Waals surface area contributed by atoms with Crippen molar-refractivity contribution >= 4 is 5.78 Å². The van der Waals surface area contributed by atoms with E-state index >= 15 is 0 Å². The number of nitrogens with zero attached hydrogens (tertiary/aromatic N) is 2. The Morgan fingerprint density at radius 2 is 2.44 bits per heavy atom. The number of ketones is 1. The number of rotatable bonds is 4. The third kappa shape index (κ3) is 2.46. The number of pyridine rings is 1. The SMILES string of the molecule is NC[C@H]1CCCN1CC(=O)c1ccccn1. The molecule has 0 saturated carbocycles. The van der Waals surface area contributed by atoms with Gasteiger partial charge in [0, 0.05) is 18.8 Å². The lowest BCUT2D eigenvalue weighted by atomic mass is 10.2. The molecule has 0 aliphatic carbocycles. The highest BCUT2D eigenvalue weighted by Crippen LogP contribution is 2.16. The predicted octanol–water partition coefficient (Wildman–Crippen LogP) is 0.687. The third-order valence-electron chi connectivity index (χ3n) is 3.07. The van der Waals surface area contributed by atoms with E-state index in [1.54, 1.807) is 12.3 Å². The van der Waals surface area contributed by atoms with Crippen LogP contribution < -0.4 is 5.73 Å². The Balaban J connectivity index is 1.97. The predicted molar refractivity (Wildman–Crippen MR) is 62.2 cm³/mol. The number of likely N-dealkylation sites (tertiary alicyclic amines) is 1. The largest absolute Gasteiger partial charge is 0.329 e. The van der Waals surface area contributed by atoms with E-state index in [-0.39, 0.29) is 5.78 Å². The van der Waals surface area contributed by atoms with Crippen LogP contribution in [0.25, 0.3) is 0 Å². The smallest absolute Gasteiger partial charge is 0.195 e. The minimum atomic E-state index is 0.0842. The van der Waals surface area contributed by atoms with Crippen molar-refractivity contribution in [3.8, 4) is 0 Å². The van der Waals surface area contributed by atoms with Crippen LogP contribution in [-0.4, -0.2) is 41.3 Å². The molecule has 1 atom stereocenters. The molecule has 1 aliphatic rings. The maximum atomic E-state index is 11.9. The Morgan fingerprint density at radius 3 is 3.12 bits per heavy atom. The van der Waals surface area contributed by atoms with Gasteiger partial charge in [0.25, 0.3) is 0 Å². The highest BCUT2D eigenvalue weighted by Gasteiger charge is 2.25. The molecule has 0 amide bonds. The Hall–Kier alpha value is -1.26. The van der Waals surface area contributed by atoms with Crippen molar-refractivity contribution < 1.29 is 4.79 Å². The summed E-state index contributed by atoms with van der Waals surface area (Å²) < 4.78 is 0. The summed E-state index contributed by atoms with van der Waals surface area (Å²) in [5.41, 5.74) is 6.22. The normalized spacial score (nSPS) is 21.2. The van der Waals surface area contributed by atoms with Gasteiger partial charge in [-0.15, -0.1) is 0 Å². The lowest BCUT2D eigenvalue weighted by Gasteiger charge is -2.21. The number of carbonyl (C=O) groups excluding carboxylic acids is 1. The van der Waals surface area contributed by atoms with Gasteiger partial charge >= 0.3 is 0 Å². The summed E-state index contributed by atoms with van der Waals surface area (Å²) >= 11 is 0. The first-order valence-electron chi connectivity index (χ1n) is 5.69. The number of nitrogens with two attached hydrogens (primary N) is 1. The lowest BCUT2D eigenvalue weighted by molar-refractivity contribution is 0.0919. The van der Waals surface area contributed by atoms with E-state index in [2.05, 4.69) is 9.88 Å². The van der Waals surface area contributed by atoms with Gasteiger partial charge in [-0.3, -0.25) is 14.7 Å². The van der Waals surface area contributed by atoms with Crippen molar-refractivity contribution in [3.63, 3.8) is 0 Å². The maximum absolute atomic E-state index is 11.9. The molecule has 0 unspecified atom stereocenters. The quantitative estimate of drug-likeness (QED) is 0.757. The second kappa shape index (κ2) is 5.18. The van der Waals surface area contributed by atoms with E-state index in [0.717, 1.165) is 19.4 Å². The molecule has 1 saturated heterocycles. The summed E-state index contributed by atoms with van der Waals surface area (Å²) in [4.78, 5) is 18.1. The molecule has 16 heavy (non-hydrogen) atoms. The van der Waals surface area contributed by atoms with Crippen LogP contribution in [0.1, 0.15) is 23.3 Å². The zero-order valence-corrected chi connectivity index (χ0v) is 9.30. The second-order valence-electron chi connectivity index (χ2n) is 4.14. The van der Waals surface area contributed by atoms with Crippen LogP contribution in [0.5, 0.6) is 0 Å². The highest BCUT2D eigenvalue weighted by atomic mass is 16.1. The van der Waals surface area contributed by atoms with Gasteiger partial charge in [0.15, 0.2) is 5.78 Å². The average Bonchev–Trinajstić information content (AvgIpc) is 2.77. The van der Waals surface area contributed by atoms with E-state index < -0.39 is 0 Å². The van der Waals surface area contributed by atoms with Gasteiger partial charge in [-0.05, 0) is 31.5 Å². The van der Waals surface area contributed by atoms with Gasteiger partial charge in [-0.25, -0.2) is 0 Å². The topological polar surface area (TPSA) is 59.2 Å². The van der Waals surface area contributed by atoms with Crippen LogP contribution in [0.3, 0.4) is 0 Å². The zero-order valence-electron chi connectivity index (χ0n) is 9.30. The number of hydrogen-bond acceptors (Lipinski definition) is 4. The van der Waals surface area contributed by atoms with Gasteiger partial charge in [0.2, 0.25) is 0 Å². The molecule has 2 N–H and O–H groups in total. The van der Waals surface area contributed by atoms with Crippen molar-refractivity contribution in [1.29, 1.82) is 0 Å². The molecule has 2 heterocycles. The van der Waals surface area contributed by atoms with Gasteiger partial charge in [-0.2, -0.15) is 0 Å². The van der Waals surface area contributed by atoms with Crippen molar-refractivity contribution in [2.75, 3.05) is 19.6 Å². The Bertz CT molecular complexity index is 353. The summed E-state index contributed by atoms with van der Waals surface area (Å²) in [5.74, 6) is 0.0842. The van der Waals surface area contributed by atoms with E-state index in [4.69, 9.17) is 5.73 Å². The first kappa shape index (κ1) is 11.2. The first-order valence-corrected chi connectivity index (χ1v) is 5.69. The van der Waals surface area contributed by atoms with Crippen molar-refractivity contribution in [2.45, 2.75) is 18.9 Å². The van der Waals surface area contributed by atoms with E-state index in [9.17, 15) is 4.79 Å². The first-order chi connectivity index (χ1) is 7.81. The van der Waals surface area contributed by atoms with E-state index in [1.807, 2.05) is 12.1 Å². The van der Waals surface area contributed by atoms with Crippen LogP contribution in [0, 0.1) is 0 Å². The Labute approximate surface area is 95.5 Å². The number of hydrogen-bond donors (Lipinski definition) is 1. The minimum Gasteiger partial charge on any atom is -0.329 e. The molecule has 1 aliphatic heterocycles. The van der Waals surface area contributed by atoms with Gasteiger partial charge < -0.3 is 5.73 Å². The van der Waals surface area contributed by atoms with Gasteiger partial charge in [-0.1, -0.05) is 6.07 Å². The Kier molecular flexibility index (Phi) is 3.64.